The van der Waals surface area contributed by atoms with Crippen molar-refractivity contribution in [1.29, 1.82) is 0 Å². The highest BCUT2D eigenvalue weighted by Gasteiger charge is 2.03. The Morgan fingerprint density at radius 1 is 1.00 bits per heavy atom. The Bertz CT molecular complexity index is 733. The minimum absolute atomic E-state index is 0.119. The Morgan fingerprint density at radius 2 is 1.67 bits per heavy atom. The van der Waals surface area contributed by atoms with Crippen molar-refractivity contribution in [3.05, 3.63) is 54.1 Å². The van der Waals surface area contributed by atoms with Gasteiger partial charge < -0.3 is 15.4 Å². The minimum atomic E-state index is -0.232. The van der Waals surface area contributed by atoms with Crippen molar-refractivity contribution < 1.29 is 9.53 Å². The van der Waals surface area contributed by atoms with E-state index in [-0.39, 0.29) is 12.5 Å². The fraction of sp³-hybridized carbons (Fsp3) is 0.300. The van der Waals surface area contributed by atoms with Gasteiger partial charge in [-0.15, -0.1) is 0 Å². The highest BCUT2D eigenvalue weighted by Crippen LogP contribution is 2.14. The van der Waals surface area contributed by atoms with Crippen molar-refractivity contribution in [3.63, 3.8) is 0 Å². The molecular weight excluding hydrogens is 360 g/mol. The summed E-state index contributed by atoms with van der Waals surface area (Å²) in [5.41, 5.74) is 8.26. The van der Waals surface area contributed by atoms with Crippen molar-refractivity contribution in [2.75, 3.05) is 24.3 Å². The van der Waals surface area contributed by atoms with Gasteiger partial charge >= 0.3 is 0 Å². The maximum absolute atomic E-state index is 11.9. The van der Waals surface area contributed by atoms with Gasteiger partial charge in [0.05, 0.1) is 13.7 Å². The van der Waals surface area contributed by atoms with Crippen molar-refractivity contribution in [3.8, 4) is 5.75 Å². The van der Waals surface area contributed by atoms with Crippen molar-refractivity contribution in [2.45, 2.75) is 26.2 Å². The molecule has 0 atom stereocenters. The normalized spacial score (nSPS) is 10.0. The highest BCUT2D eigenvalue weighted by molar-refractivity contribution is 7.80. The number of nitrogens with one attached hydrogen (secondary N) is 4. The van der Waals surface area contributed by atoms with E-state index >= 15 is 0 Å². The predicted octanol–water partition coefficient (Wildman–Crippen LogP) is 3.47. The van der Waals surface area contributed by atoms with Crippen LogP contribution in [-0.2, 0) is 11.2 Å². The van der Waals surface area contributed by atoms with Gasteiger partial charge in [0, 0.05) is 11.4 Å². The van der Waals surface area contributed by atoms with Gasteiger partial charge in [0.1, 0.15) is 5.75 Å². The first-order chi connectivity index (χ1) is 13.1. The van der Waals surface area contributed by atoms with E-state index in [4.69, 9.17) is 17.0 Å². The molecule has 0 saturated carbocycles. The van der Waals surface area contributed by atoms with E-state index in [9.17, 15) is 4.79 Å². The van der Waals surface area contributed by atoms with Crippen LogP contribution in [-0.4, -0.2) is 24.7 Å². The average molecular weight is 387 g/mol. The standard InChI is InChI=1S/C20H26N4O2S/c1-3-4-5-15-6-8-17(9-7-15)22-20(27)24-23-19(25)14-21-16-10-12-18(26-2)13-11-16/h6-13,21H,3-5,14H2,1-2H3,(H,23,25)(H2,22,24,27). The molecule has 144 valence electrons. The van der Waals surface area contributed by atoms with E-state index in [2.05, 4.69) is 40.5 Å². The van der Waals surface area contributed by atoms with Crippen LogP contribution in [0.2, 0.25) is 0 Å². The third-order valence-corrected chi connectivity index (χ3v) is 4.09. The molecule has 27 heavy (non-hydrogen) atoms. The van der Waals surface area contributed by atoms with Crippen molar-refractivity contribution in [2.24, 2.45) is 0 Å². The van der Waals surface area contributed by atoms with E-state index in [1.165, 1.54) is 18.4 Å². The topological polar surface area (TPSA) is 74.4 Å². The number of amides is 1. The molecule has 0 saturated heterocycles. The lowest BCUT2D eigenvalue weighted by molar-refractivity contribution is -0.119. The highest BCUT2D eigenvalue weighted by atomic mass is 32.1. The third kappa shape index (κ3) is 7.53. The summed E-state index contributed by atoms with van der Waals surface area (Å²) in [6.07, 6.45) is 3.45. The summed E-state index contributed by atoms with van der Waals surface area (Å²) in [5.74, 6) is 0.534. The zero-order chi connectivity index (χ0) is 19.5. The maximum atomic E-state index is 11.9. The molecule has 0 radical (unpaired) electrons. The van der Waals surface area contributed by atoms with E-state index in [0.717, 1.165) is 23.5 Å². The van der Waals surface area contributed by atoms with Crippen LogP contribution in [0.25, 0.3) is 0 Å². The van der Waals surface area contributed by atoms with Crippen LogP contribution in [0.4, 0.5) is 11.4 Å². The quantitative estimate of drug-likeness (QED) is 0.411. The molecule has 2 aromatic rings. The van der Waals surface area contributed by atoms with Gasteiger partial charge in [-0.3, -0.25) is 15.6 Å². The van der Waals surface area contributed by atoms with Crippen LogP contribution in [0, 0.1) is 0 Å². The van der Waals surface area contributed by atoms with Crippen molar-refractivity contribution in [1.82, 2.24) is 10.9 Å². The fourth-order valence-electron chi connectivity index (χ4n) is 2.36. The van der Waals surface area contributed by atoms with Crippen LogP contribution < -0.4 is 26.2 Å². The van der Waals surface area contributed by atoms with Gasteiger partial charge in [-0.2, -0.15) is 0 Å². The Balaban J connectivity index is 1.68. The molecule has 0 aromatic heterocycles. The fourth-order valence-corrected chi connectivity index (χ4v) is 2.53. The Labute approximate surface area is 165 Å². The Morgan fingerprint density at radius 3 is 2.30 bits per heavy atom. The maximum Gasteiger partial charge on any atom is 0.257 e. The zero-order valence-corrected chi connectivity index (χ0v) is 16.5. The summed E-state index contributed by atoms with van der Waals surface area (Å²) in [6.45, 7) is 2.30. The van der Waals surface area contributed by atoms with E-state index < -0.39 is 0 Å². The van der Waals surface area contributed by atoms with Crippen LogP contribution in [0.15, 0.2) is 48.5 Å². The molecular formula is C20H26N4O2S. The summed E-state index contributed by atoms with van der Waals surface area (Å²) in [5, 5.41) is 6.39. The lowest BCUT2D eigenvalue weighted by Gasteiger charge is -2.13. The Hall–Kier alpha value is -2.80. The number of hydrogen-bond acceptors (Lipinski definition) is 4. The SMILES string of the molecule is CCCCc1ccc(NC(=S)NNC(=O)CNc2ccc(OC)cc2)cc1. The number of hydrazine groups is 1. The first-order valence-electron chi connectivity index (χ1n) is 8.93. The first-order valence-corrected chi connectivity index (χ1v) is 9.34. The van der Waals surface area contributed by atoms with E-state index in [1.807, 2.05) is 36.4 Å². The van der Waals surface area contributed by atoms with Crippen LogP contribution in [0.3, 0.4) is 0 Å². The monoisotopic (exact) mass is 386 g/mol. The molecule has 2 rings (SSSR count). The molecule has 4 N–H and O–H groups in total. The molecule has 0 aliphatic rings. The molecule has 0 fully saturated rings. The summed E-state index contributed by atoms with van der Waals surface area (Å²) in [7, 11) is 1.61. The number of aryl methyl sites for hydroxylation is 1. The molecule has 0 heterocycles. The number of anilines is 2. The second-order valence-corrected chi connectivity index (χ2v) is 6.42. The van der Waals surface area contributed by atoms with Gasteiger partial charge in [-0.05, 0) is 67.0 Å². The second-order valence-electron chi connectivity index (χ2n) is 6.01. The molecule has 1 amide bonds. The number of rotatable bonds is 8. The van der Waals surface area contributed by atoms with Gasteiger partial charge in [0.15, 0.2) is 5.11 Å². The summed E-state index contributed by atoms with van der Waals surface area (Å²) in [6, 6.07) is 15.5. The first kappa shape index (κ1) is 20.5. The van der Waals surface area contributed by atoms with Crippen molar-refractivity contribution >= 4 is 34.6 Å². The zero-order valence-electron chi connectivity index (χ0n) is 15.7. The number of thiocarbonyl (C=S) groups is 1. The largest absolute Gasteiger partial charge is 0.497 e. The lowest BCUT2D eigenvalue weighted by Crippen LogP contribution is -2.45. The molecule has 0 aliphatic carbocycles. The minimum Gasteiger partial charge on any atom is -0.497 e. The Kier molecular flexibility index (Phi) is 8.38. The molecule has 2 aromatic carbocycles. The number of ether oxygens (including phenoxy) is 1. The van der Waals surface area contributed by atoms with Crippen LogP contribution in [0.1, 0.15) is 25.3 Å². The number of carbonyl (C=O) groups is 1. The second kappa shape index (κ2) is 11.0. The van der Waals surface area contributed by atoms with E-state index in [0.29, 0.717) is 5.11 Å². The van der Waals surface area contributed by atoms with Crippen LogP contribution in [0.5, 0.6) is 5.75 Å². The summed E-state index contributed by atoms with van der Waals surface area (Å²) < 4.78 is 5.09. The lowest BCUT2D eigenvalue weighted by atomic mass is 10.1. The smallest absolute Gasteiger partial charge is 0.257 e. The third-order valence-electron chi connectivity index (χ3n) is 3.89. The van der Waals surface area contributed by atoms with E-state index in [1.54, 1.807) is 7.11 Å². The van der Waals surface area contributed by atoms with Gasteiger partial charge in [-0.1, -0.05) is 25.5 Å². The number of carbonyl (C=O) groups excluding carboxylic acids is 1. The van der Waals surface area contributed by atoms with Gasteiger partial charge in [0.25, 0.3) is 5.91 Å². The predicted molar refractivity (Wildman–Crippen MR) is 114 cm³/mol. The molecule has 7 heteroatoms. The molecule has 0 unspecified atom stereocenters. The number of hydrogen-bond donors (Lipinski definition) is 4. The number of unbranched alkanes of at least 4 members (excludes halogenated alkanes) is 1. The number of benzene rings is 2. The van der Waals surface area contributed by atoms with Gasteiger partial charge in [-0.25, -0.2) is 0 Å². The average Bonchev–Trinajstić information content (AvgIpc) is 2.70. The van der Waals surface area contributed by atoms with Gasteiger partial charge in [0.2, 0.25) is 0 Å². The molecule has 0 spiro atoms. The summed E-state index contributed by atoms with van der Waals surface area (Å²) in [4.78, 5) is 11.9. The molecule has 6 nitrogen and oxygen atoms in total. The van der Waals surface area contributed by atoms with Crippen LogP contribution >= 0.6 is 12.2 Å². The molecule has 0 aliphatic heterocycles. The molecule has 0 bridgehead atoms. The number of methoxy groups -OCH3 is 1. The summed E-state index contributed by atoms with van der Waals surface area (Å²) >= 11 is 5.19.